The first kappa shape index (κ1) is 15.9. The molecule has 3 aromatic heterocycles. The molecule has 3 aromatic rings. The molecule has 0 saturated heterocycles. The van der Waals surface area contributed by atoms with Gasteiger partial charge in [-0.25, -0.2) is 9.97 Å². The molecule has 0 fully saturated rings. The summed E-state index contributed by atoms with van der Waals surface area (Å²) < 4.78 is 0. The molecule has 0 radical (unpaired) electrons. The van der Waals surface area contributed by atoms with E-state index in [2.05, 4.69) is 25.6 Å². The number of nitrogens with zero attached hydrogens (tertiary/aromatic N) is 3. The van der Waals surface area contributed by atoms with Crippen LogP contribution in [0.25, 0.3) is 11.3 Å². The van der Waals surface area contributed by atoms with Crippen LogP contribution in [0.1, 0.15) is 5.56 Å². The molecule has 1 amide bonds. The highest BCUT2D eigenvalue weighted by molar-refractivity contribution is 6.33. The van der Waals surface area contributed by atoms with Crippen molar-refractivity contribution >= 4 is 29.6 Å². The maximum atomic E-state index is 10.6. The molecule has 0 aliphatic heterocycles. The second kappa shape index (κ2) is 7.52. The minimum atomic E-state index is 0.417. The number of hydrogen-bond acceptors (Lipinski definition) is 5. The van der Waals surface area contributed by atoms with Crippen LogP contribution in [0.4, 0.5) is 11.6 Å². The lowest BCUT2D eigenvalue weighted by Gasteiger charge is -2.09. The molecule has 7 heteroatoms. The van der Waals surface area contributed by atoms with E-state index in [-0.39, 0.29) is 0 Å². The van der Waals surface area contributed by atoms with Crippen LogP contribution in [0.15, 0.2) is 55.0 Å². The smallest absolute Gasteiger partial charge is 0.212 e. The minimum absolute atomic E-state index is 0.417. The summed E-state index contributed by atoms with van der Waals surface area (Å²) in [6, 6.07) is 11.2. The molecule has 6 nitrogen and oxygen atoms in total. The summed E-state index contributed by atoms with van der Waals surface area (Å²) in [4.78, 5) is 23.2. The molecule has 3 rings (SSSR count). The van der Waals surface area contributed by atoms with Crippen LogP contribution in [-0.2, 0) is 11.3 Å². The average Bonchev–Trinajstić information content (AvgIpc) is 2.63. The van der Waals surface area contributed by atoms with E-state index in [9.17, 15) is 4.79 Å². The van der Waals surface area contributed by atoms with Gasteiger partial charge in [-0.3, -0.25) is 9.78 Å². The maximum absolute atomic E-state index is 10.6. The summed E-state index contributed by atoms with van der Waals surface area (Å²) in [5.74, 6) is 1.13. The number of halogens is 1. The van der Waals surface area contributed by atoms with Gasteiger partial charge in [0, 0.05) is 30.7 Å². The van der Waals surface area contributed by atoms with Gasteiger partial charge in [-0.05, 0) is 29.8 Å². The number of aromatic nitrogens is 3. The molecule has 0 unspecified atom stereocenters. The first-order chi connectivity index (χ1) is 11.8. The molecule has 0 aliphatic rings. The van der Waals surface area contributed by atoms with Crippen molar-refractivity contribution in [2.75, 3.05) is 10.6 Å². The number of nitrogens with one attached hydrogen (secondary N) is 2. The summed E-state index contributed by atoms with van der Waals surface area (Å²) in [5.41, 5.74) is 2.44. The first-order valence-electron chi connectivity index (χ1n) is 7.22. The van der Waals surface area contributed by atoms with Gasteiger partial charge in [-0.1, -0.05) is 23.7 Å². The van der Waals surface area contributed by atoms with Crippen LogP contribution in [0, 0.1) is 0 Å². The monoisotopic (exact) mass is 339 g/mol. The summed E-state index contributed by atoms with van der Waals surface area (Å²) >= 11 is 6.21. The van der Waals surface area contributed by atoms with Gasteiger partial charge in [0.05, 0.1) is 10.7 Å². The fourth-order valence-electron chi connectivity index (χ4n) is 2.15. The summed E-state index contributed by atoms with van der Waals surface area (Å²) in [6.07, 6.45) is 5.59. The summed E-state index contributed by atoms with van der Waals surface area (Å²) in [5, 5.41) is 6.22. The van der Waals surface area contributed by atoms with E-state index in [1.54, 1.807) is 18.5 Å². The number of anilines is 2. The highest BCUT2D eigenvalue weighted by Crippen LogP contribution is 2.28. The van der Waals surface area contributed by atoms with Crippen LogP contribution in [0.5, 0.6) is 0 Å². The van der Waals surface area contributed by atoms with Gasteiger partial charge in [-0.2, -0.15) is 0 Å². The summed E-state index contributed by atoms with van der Waals surface area (Å²) in [7, 11) is 0. The number of carbonyl (C=O) groups is 1. The van der Waals surface area contributed by atoms with E-state index in [0.29, 0.717) is 40.9 Å². The number of hydrogen-bond donors (Lipinski definition) is 2. The lowest BCUT2D eigenvalue weighted by molar-refractivity contribution is -0.105. The van der Waals surface area contributed by atoms with Crippen molar-refractivity contribution in [1.82, 2.24) is 15.0 Å². The lowest BCUT2D eigenvalue weighted by Crippen LogP contribution is -2.02. The number of carbonyl (C=O) groups excluding carboxylic acids is 1. The molecule has 2 N–H and O–H groups in total. The largest absolute Gasteiger partial charge is 0.366 e. The Bertz CT molecular complexity index is 841. The average molecular weight is 340 g/mol. The molecule has 0 spiro atoms. The summed E-state index contributed by atoms with van der Waals surface area (Å²) in [6.45, 7) is 0.617. The molecule has 120 valence electrons. The number of amides is 1. The normalized spacial score (nSPS) is 10.2. The van der Waals surface area contributed by atoms with Crippen molar-refractivity contribution in [3.63, 3.8) is 0 Å². The van der Waals surface area contributed by atoms with Gasteiger partial charge in [-0.15, -0.1) is 0 Å². The quantitative estimate of drug-likeness (QED) is 0.673. The van der Waals surface area contributed by atoms with Crippen LogP contribution in [0.2, 0.25) is 5.02 Å². The predicted molar refractivity (Wildman–Crippen MR) is 93.7 cm³/mol. The molecule has 0 bridgehead atoms. The number of rotatable bonds is 6. The Hall–Kier alpha value is -2.99. The Balaban J connectivity index is 1.82. The van der Waals surface area contributed by atoms with Gasteiger partial charge < -0.3 is 10.6 Å². The first-order valence-corrected chi connectivity index (χ1v) is 7.60. The van der Waals surface area contributed by atoms with E-state index >= 15 is 0 Å². The zero-order chi connectivity index (χ0) is 16.8. The predicted octanol–water partition coefficient (Wildman–Crippen LogP) is 3.37. The van der Waals surface area contributed by atoms with E-state index < -0.39 is 0 Å². The highest BCUT2D eigenvalue weighted by atomic mass is 35.5. The van der Waals surface area contributed by atoms with Crippen LogP contribution in [0.3, 0.4) is 0 Å². The Labute approximate surface area is 143 Å². The Morgan fingerprint density at radius 2 is 2.04 bits per heavy atom. The van der Waals surface area contributed by atoms with Gasteiger partial charge in [0.25, 0.3) is 0 Å². The fourth-order valence-corrected chi connectivity index (χ4v) is 2.35. The SMILES string of the molecule is O=CNc1cc(-c2cccc(NCc3cccnc3)n2)c(Cl)cn1. The third kappa shape index (κ3) is 3.85. The topological polar surface area (TPSA) is 79.8 Å². The molecule has 0 aliphatic carbocycles. The second-order valence-electron chi connectivity index (χ2n) is 4.93. The second-order valence-corrected chi connectivity index (χ2v) is 5.34. The van der Waals surface area contributed by atoms with E-state index in [1.807, 2.05) is 30.3 Å². The fraction of sp³-hybridized carbons (Fsp3) is 0.0588. The Kier molecular flexibility index (Phi) is 4.98. The van der Waals surface area contributed by atoms with E-state index in [4.69, 9.17) is 11.6 Å². The zero-order valence-electron chi connectivity index (χ0n) is 12.6. The molecule has 3 heterocycles. The van der Waals surface area contributed by atoms with Gasteiger partial charge in [0.2, 0.25) is 6.41 Å². The van der Waals surface area contributed by atoms with Crippen molar-refractivity contribution < 1.29 is 4.79 Å². The minimum Gasteiger partial charge on any atom is -0.366 e. The van der Waals surface area contributed by atoms with Crippen molar-refractivity contribution in [2.45, 2.75) is 6.54 Å². The molecule has 0 saturated carbocycles. The third-order valence-corrected chi connectivity index (χ3v) is 3.58. The van der Waals surface area contributed by atoms with Crippen molar-refractivity contribution in [1.29, 1.82) is 0 Å². The van der Waals surface area contributed by atoms with E-state index in [0.717, 1.165) is 5.56 Å². The molecule has 0 atom stereocenters. The highest BCUT2D eigenvalue weighted by Gasteiger charge is 2.08. The van der Waals surface area contributed by atoms with Crippen LogP contribution < -0.4 is 10.6 Å². The molecule has 0 aromatic carbocycles. The van der Waals surface area contributed by atoms with Crippen molar-refractivity contribution in [3.8, 4) is 11.3 Å². The Morgan fingerprint density at radius 1 is 1.12 bits per heavy atom. The van der Waals surface area contributed by atoms with Crippen LogP contribution >= 0.6 is 11.6 Å². The van der Waals surface area contributed by atoms with Gasteiger partial charge in [0.1, 0.15) is 11.6 Å². The molecule has 24 heavy (non-hydrogen) atoms. The Morgan fingerprint density at radius 3 is 2.83 bits per heavy atom. The van der Waals surface area contributed by atoms with Gasteiger partial charge >= 0.3 is 0 Å². The maximum Gasteiger partial charge on any atom is 0.212 e. The van der Waals surface area contributed by atoms with Gasteiger partial charge in [0.15, 0.2) is 0 Å². The van der Waals surface area contributed by atoms with E-state index in [1.165, 1.54) is 6.20 Å². The zero-order valence-corrected chi connectivity index (χ0v) is 13.4. The van der Waals surface area contributed by atoms with Crippen molar-refractivity contribution in [3.05, 3.63) is 65.6 Å². The molecular weight excluding hydrogens is 326 g/mol. The standard InChI is InChI=1S/C17H14ClN5O/c18-14-10-21-17(22-11-24)7-13(14)15-4-1-5-16(23-15)20-9-12-3-2-6-19-8-12/h1-8,10-11H,9H2,(H,20,23)(H,21,22,24). The lowest BCUT2D eigenvalue weighted by atomic mass is 10.1. The van der Waals surface area contributed by atoms with Crippen molar-refractivity contribution in [2.24, 2.45) is 0 Å². The molecular formula is C17H14ClN5O. The van der Waals surface area contributed by atoms with Crippen LogP contribution in [-0.4, -0.2) is 21.4 Å². The number of pyridine rings is 3. The third-order valence-electron chi connectivity index (χ3n) is 3.28.